The third-order valence-electron chi connectivity index (χ3n) is 3.87. The predicted molar refractivity (Wildman–Crippen MR) is 111 cm³/mol. The molecule has 1 amide bonds. The molecule has 8 nitrogen and oxygen atoms in total. The first-order valence-corrected chi connectivity index (χ1v) is 10.8. The van der Waals surface area contributed by atoms with Gasteiger partial charge >= 0.3 is 0 Å². The van der Waals surface area contributed by atoms with Gasteiger partial charge in [-0.1, -0.05) is 12.1 Å². The summed E-state index contributed by atoms with van der Waals surface area (Å²) in [5.74, 6) is 0.818. The van der Waals surface area contributed by atoms with Gasteiger partial charge in [-0.05, 0) is 36.4 Å². The van der Waals surface area contributed by atoms with Gasteiger partial charge in [-0.15, -0.1) is 11.3 Å². The Labute approximate surface area is 172 Å². The van der Waals surface area contributed by atoms with E-state index in [1.807, 2.05) is 0 Å². The molecule has 3 aromatic rings. The Morgan fingerprint density at radius 3 is 2.48 bits per heavy atom. The van der Waals surface area contributed by atoms with Crippen LogP contribution in [0.3, 0.4) is 0 Å². The number of para-hydroxylation sites is 2. The van der Waals surface area contributed by atoms with Crippen LogP contribution in [0.1, 0.15) is 5.69 Å². The van der Waals surface area contributed by atoms with Crippen molar-refractivity contribution in [1.29, 1.82) is 0 Å². The van der Waals surface area contributed by atoms with Crippen LogP contribution >= 0.6 is 11.3 Å². The van der Waals surface area contributed by atoms with E-state index in [2.05, 4.69) is 15.0 Å². The van der Waals surface area contributed by atoms with E-state index in [9.17, 15) is 13.2 Å². The van der Waals surface area contributed by atoms with E-state index in [0.29, 0.717) is 22.9 Å². The van der Waals surface area contributed by atoms with Gasteiger partial charge in [-0.25, -0.2) is 13.4 Å². The summed E-state index contributed by atoms with van der Waals surface area (Å²) in [7, 11) is -0.762. The lowest BCUT2D eigenvalue weighted by Gasteiger charge is -2.09. The number of nitrogens with one attached hydrogen (secondary N) is 2. The maximum atomic E-state index is 12.5. The molecule has 0 unspecified atom stereocenters. The SMILES string of the molecule is COc1ccc(S(=O)(=O)Nc2nc(CC(=O)Nc3ccccc3OC)cs2)cc1. The van der Waals surface area contributed by atoms with Gasteiger partial charge in [-0.3, -0.25) is 9.52 Å². The summed E-state index contributed by atoms with van der Waals surface area (Å²) in [6.07, 6.45) is -0.00118. The number of benzene rings is 2. The van der Waals surface area contributed by atoms with Crippen LogP contribution in [0.2, 0.25) is 0 Å². The van der Waals surface area contributed by atoms with Gasteiger partial charge in [0.15, 0.2) is 5.13 Å². The second kappa shape index (κ2) is 8.93. The molecule has 2 N–H and O–H groups in total. The first-order valence-electron chi connectivity index (χ1n) is 8.45. The summed E-state index contributed by atoms with van der Waals surface area (Å²) < 4.78 is 37.6. The third kappa shape index (κ3) is 5.24. The van der Waals surface area contributed by atoms with E-state index < -0.39 is 10.0 Å². The van der Waals surface area contributed by atoms with E-state index >= 15 is 0 Å². The van der Waals surface area contributed by atoms with Crippen LogP contribution in [-0.2, 0) is 21.2 Å². The average molecular weight is 434 g/mol. The molecule has 1 aromatic heterocycles. The second-order valence-corrected chi connectivity index (χ2v) is 8.39. The number of carbonyl (C=O) groups excluding carboxylic acids is 1. The van der Waals surface area contributed by atoms with Crippen LogP contribution < -0.4 is 19.5 Å². The normalized spacial score (nSPS) is 11.0. The van der Waals surface area contributed by atoms with Crippen LogP contribution in [0.5, 0.6) is 11.5 Å². The molecule has 0 fully saturated rings. The smallest absolute Gasteiger partial charge is 0.263 e. The number of anilines is 2. The van der Waals surface area contributed by atoms with Crippen molar-refractivity contribution in [2.45, 2.75) is 11.3 Å². The molecule has 10 heteroatoms. The van der Waals surface area contributed by atoms with Gasteiger partial charge in [0.2, 0.25) is 5.91 Å². The van der Waals surface area contributed by atoms with Gasteiger partial charge in [0.1, 0.15) is 11.5 Å². The number of thiazole rings is 1. The lowest BCUT2D eigenvalue weighted by molar-refractivity contribution is -0.115. The number of ether oxygens (including phenoxy) is 2. The summed E-state index contributed by atoms with van der Waals surface area (Å²) in [5.41, 5.74) is 1.01. The number of methoxy groups -OCH3 is 2. The zero-order valence-electron chi connectivity index (χ0n) is 15.7. The van der Waals surface area contributed by atoms with Gasteiger partial charge in [0.25, 0.3) is 10.0 Å². The Kier molecular flexibility index (Phi) is 6.35. The minimum absolute atomic E-state index is 0.00118. The standard InChI is InChI=1S/C19H19N3O5S2/c1-26-14-7-9-15(10-8-14)29(24,25)22-19-20-13(12-28-19)11-18(23)21-16-5-3-4-6-17(16)27-2/h3-10,12H,11H2,1-2H3,(H,20,22)(H,21,23). The lowest BCUT2D eigenvalue weighted by Crippen LogP contribution is -2.15. The minimum Gasteiger partial charge on any atom is -0.497 e. The highest BCUT2D eigenvalue weighted by Crippen LogP contribution is 2.24. The first kappa shape index (κ1) is 20.6. The fourth-order valence-electron chi connectivity index (χ4n) is 2.47. The number of rotatable bonds is 8. The van der Waals surface area contributed by atoms with E-state index in [1.165, 1.54) is 26.4 Å². The number of amides is 1. The zero-order valence-corrected chi connectivity index (χ0v) is 17.3. The van der Waals surface area contributed by atoms with Crippen LogP contribution in [0, 0.1) is 0 Å². The summed E-state index contributed by atoms with van der Waals surface area (Å²) in [5, 5.41) is 4.57. The highest BCUT2D eigenvalue weighted by molar-refractivity contribution is 7.93. The van der Waals surface area contributed by atoms with Crippen molar-refractivity contribution in [1.82, 2.24) is 4.98 Å². The highest BCUT2D eigenvalue weighted by atomic mass is 32.2. The predicted octanol–water partition coefficient (Wildman–Crippen LogP) is 3.14. The number of aromatic nitrogens is 1. The van der Waals surface area contributed by atoms with Crippen molar-refractivity contribution in [2.75, 3.05) is 24.3 Å². The number of sulfonamides is 1. The maximum absolute atomic E-state index is 12.5. The first-order chi connectivity index (χ1) is 13.9. The molecule has 0 radical (unpaired) electrons. The molecule has 0 aliphatic heterocycles. The average Bonchev–Trinajstić information content (AvgIpc) is 3.14. The number of nitrogens with zero attached hydrogens (tertiary/aromatic N) is 1. The van der Waals surface area contributed by atoms with E-state index in [0.717, 1.165) is 11.3 Å². The number of hydrogen-bond acceptors (Lipinski definition) is 7. The molecule has 1 heterocycles. The molecule has 29 heavy (non-hydrogen) atoms. The Balaban J connectivity index is 1.64. The summed E-state index contributed by atoms with van der Waals surface area (Å²) in [6.45, 7) is 0. The Hall–Kier alpha value is -3.11. The highest BCUT2D eigenvalue weighted by Gasteiger charge is 2.17. The number of hydrogen-bond donors (Lipinski definition) is 2. The monoisotopic (exact) mass is 433 g/mol. The van der Waals surface area contributed by atoms with Crippen molar-refractivity contribution in [2.24, 2.45) is 0 Å². The fraction of sp³-hybridized carbons (Fsp3) is 0.158. The van der Waals surface area contributed by atoms with Crippen LogP contribution in [0.15, 0.2) is 58.8 Å². The van der Waals surface area contributed by atoms with Crippen LogP contribution in [-0.4, -0.2) is 33.5 Å². The zero-order chi connectivity index (χ0) is 20.9. The molecule has 0 saturated heterocycles. The summed E-state index contributed by atoms with van der Waals surface area (Å²) in [4.78, 5) is 16.6. The molecule has 3 rings (SSSR count). The van der Waals surface area contributed by atoms with Gasteiger partial charge in [0.05, 0.1) is 36.9 Å². The Morgan fingerprint density at radius 2 is 1.79 bits per heavy atom. The van der Waals surface area contributed by atoms with E-state index in [-0.39, 0.29) is 22.4 Å². The largest absolute Gasteiger partial charge is 0.497 e. The topological polar surface area (TPSA) is 107 Å². The Bertz CT molecular complexity index is 1100. The molecule has 0 atom stereocenters. The van der Waals surface area contributed by atoms with Crippen molar-refractivity contribution < 1.29 is 22.7 Å². The molecule has 0 spiro atoms. The van der Waals surface area contributed by atoms with Gasteiger partial charge < -0.3 is 14.8 Å². The maximum Gasteiger partial charge on any atom is 0.263 e. The minimum atomic E-state index is -3.79. The van der Waals surface area contributed by atoms with Crippen LogP contribution in [0.25, 0.3) is 0 Å². The van der Waals surface area contributed by atoms with E-state index in [4.69, 9.17) is 9.47 Å². The van der Waals surface area contributed by atoms with Crippen molar-refractivity contribution in [3.63, 3.8) is 0 Å². The molecule has 152 valence electrons. The fourth-order valence-corrected chi connectivity index (χ4v) is 4.43. The molecular weight excluding hydrogens is 414 g/mol. The van der Waals surface area contributed by atoms with Crippen molar-refractivity contribution >= 4 is 38.1 Å². The Morgan fingerprint density at radius 1 is 1.07 bits per heavy atom. The molecular formula is C19H19N3O5S2. The quantitative estimate of drug-likeness (QED) is 0.565. The molecule has 0 saturated carbocycles. The third-order valence-corrected chi connectivity index (χ3v) is 6.16. The van der Waals surface area contributed by atoms with Crippen LogP contribution in [0.4, 0.5) is 10.8 Å². The van der Waals surface area contributed by atoms with E-state index in [1.54, 1.807) is 41.8 Å². The van der Waals surface area contributed by atoms with Gasteiger partial charge in [-0.2, -0.15) is 0 Å². The number of carbonyl (C=O) groups is 1. The van der Waals surface area contributed by atoms with Gasteiger partial charge in [0, 0.05) is 5.38 Å². The molecule has 0 aliphatic carbocycles. The molecule has 0 aliphatic rings. The van der Waals surface area contributed by atoms with Crippen molar-refractivity contribution in [3.05, 3.63) is 59.6 Å². The molecule has 0 bridgehead atoms. The lowest BCUT2D eigenvalue weighted by atomic mass is 10.2. The second-order valence-electron chi connectivity index (χ2n) is 5.85. The summed E-state index contributed by atoms with van der Waals surface area (Å²) in [6, 6.07) is 13.1. The summed E-state index contributed by atoms with van der Waals surface area (Å²) >= 11 is 1.10. The molecule has 2 aromatic carbocycles. The van der Waals surface area contributed by atoms with Crippen molar-refractivity contribution in [3.8, 4) is 11.5 Å².